The first-order valence-corrected chi connectivity index (χ1v) is 14.8. The third-order valence-electron chi connectivity index (χ3n) is 8.94. The lowest BCUT2D eigenvalue weighted by molar-refractivity contribution is -0.123. The highest BCUT2D eigenvalue weighted by molar-refractivity contribution is 8.00. The van der Waals surface area contributed by atoms with Crippen LogP contribution in [0.2, 0.25) is 5.02 Å². The summed E-state index contributed by atoms with van der Waals surface area (Å²) in [6, 6.07) is 15.8. The van der Waals surface area contributed by atoms with Crippen LogP contribution >= 0.6 is 34.7 Å². The number of H-pyrrole nitrogens is 1. The zero-order valence-electron chi connectivity index (χ0n) is 20.7. The quantitative estimate of drug-likeness (QED) is 0.393. The second-order valence-corrected chi connectivity index (χ2v) is 14.5. The van der Waals surface area contributed by atoms with E-state index in [1.807, 2.05) is 0 Å². The Kier molecular flexibility index (Phi) is 5.18. The Morgan fingerprint density at radius 2 is 1.57 bits per heavy atom. The summed E-state index contributed by atoms with van der Waals surface area (Å²) in [6.07, 6.45) is 0.888. The number of hydrogen-bond donors (Lipinski definition) is 1. The van der Waals surface area contributed by atoms with Crippen molar-refractivity contribution in [1.82, 2.24) is 4.98 Å². The second-order valence-electron chi connectivity index (χ2n) is 11.8. The molecule has 2 bridgehead atoms. The molecule has 37 heavy (non-hydrogen) atoms. The van der Waals surface area contributed by atoms with Crippen LogP contribution < -0.4 is 9.77 Å². The number of carbonyl (C=O) groups is 2. The topological polar surface area (TPSA) is 70.2 Å². The molecule has 3 fully saturated rings. The van der Waals surface area contributed by atoms with E-state index in [1.165, 1.54) is 27.4 Å². The predicted octanol–water partition coefficient (Wildman–Crippen LogP) is 6.07. The third kappa shape index (κ3) is 3.39. The molecule has 8 heteroatoms. The van der Waals surface area contributed by atoms with Crippen LogP contribution in [-0.4, -0.2) is 22.0 Å². The molecule has 2 saturated carbocycles. The number of nitrogens with zero attached hydrogens (tertiary/aromatic N) is 1. The highest BCUT2D eigenvalue weighted by Crippen LogP contribution is 2.68. The van der Waals surface area contributed by atoms with E-state index in [2.05, 4.69) is 50.0 Å². The Balaban J connectivity index is 1.30. The van der Waals surface area contributed by atoms with E-state index in [0.717, 1.165) is 16.3 Å². The van der Waals surface area contributed by atoms with Gasteiger partial charge in [-0.1, -0.05) is 68.0 Å². The summed E-state index contributed by atoms with van der Waals surface area (Å²) in [5, 5.41) is 1.71. The number of fused-ring (bicyclic) bond motifs is 9. The Labute approximate surface area is 228 Å². The molecule has 190 valence electrons. The molecule has 2 amide bonds. The van der Waals surface area contributed by atoms with Gasteiger partial charge in [0.05, 0.1) is 22.5 Å². The number of anilines is 1. The van der Waals surface area contributed by atoms with Gasteiger partial charge in [-0.2, -0.15) is 0 Å². The van der Waals surface area contributed by atoms with Crippen LogP contribution in [0.1, 0.15) is 49.1 Å². The molecule has 2 aliphatic heterocycles. The minimum atomic E-state index is -0.302. The molecule has 3 aromatic rings. The maximum absolute atomic E-state index is 13.8. The fraction of sp³-hybridized carbons (Fsp3) is 0.414. The Morgan fingerprint density at radius 1 is 0.919 bits per heavy atom. The minimum Gasteiger partial charge on any atom is -0.307 e. The van der Waals surface area contributed by atoms with E-state index in [1.54, 1.807) is 36.0 Å². The van der Waals surface area contributed by atoms with Crippen LogP contribution in [0, 0.1) is 29.6 Å². The predicted molar refractivity (Wildman–Crippen MR) is 148 cm³/mol. The average molecular weight is 551 g/mol. The van der Waals surface area contributed by atoms with Crippen molar-refractivity contribution in [3.05, 3.63) is 79.2 Å². The van der Waals surface area contributed by atoms with Crippen molar-refractivity contribution in [3.8, 4) is 0 Å². The molecular weight excluding hydrogens is 524 g/mol. The Morgan fingerprint density at radius 3 is 2.22 bits per heavy atom. The molecule has 5 unspecified atom stereocenters. The summed E-state index contributed by atoms with van der Waals surface area (Å²) in [6.45, 7) is 6.61. The Hall–Kier alpha value is -2.35. The largest absolute Gasteiger partial charge is 0.307 e. The van der Waals surface area contributed by atoms with E-state index < -0.39 is 0 Å². The van der Waals surface area contributed by atoms with Crippen molar-refractivity contribution in [1.29, 1.82) is 0 Å². The maximum Gasteiger partial charge on any atom is 0.305 e. The van der Waals surface area contributed by atoms with Crippen molar-refractivity contribution in [2.45, 2.75) is 48.8 Å². The summed E-state index contributed by atoms with van der Waals surface area (Å²) >= 11 is 9.09. The van der Waals surface area contributed by atoms with E-state index in [9.17, 15) is 14.4 Å². The smallest absolute Gasteiger partial charge is 0.305 e. The number of aromatic amines is 1. The van der Waals surface area contributed by atoms with Gasteiger partial charge in [0.15, 0.2) is 0 Å². The van der Waals surface area contributed by atoms with Crippen LogP contribution in [0.4, 0.5) is 5.69 Å². The molecule has 4 aliphatic rings. The van der Waals surface area contributed by atoms with Gasteiger partial charge in [0, 0.05) is 21.1 Å². The lowest BCUT2D eigenvalue weighted by Gasteiger charge is -2.43. The van der Waals surface area contributed by atoms with E-state index in [0.29, 0.717) is 10.7 Å². The summed E-state index contributed by atoms with van der Waals surface area (Å²) in [7, 11) is 0. The molecule has 0 radical (unpaired) electrons. The van der Waals surface area contributed by atoms with Gasteiger partial charge in [-0.3, -0.25) is 19.3 Å². The van der Waals surface area contributed by atoms with E-state index in [4.69, 9.17) is 11.6 Å². The fourth-order valence-electron chi connectivity index (χ4n) is 7.43. The van der Waals surface area contributed by atoms with Gasteiger partial charge in [0.1, 0.15) is 0 Å². The van der Waals surface area contributed by atoms with Crippen molar-refractivity contribution in [3.63, 3.8) is 0 Å². The van der Waals surface area contributed by atoms with Crippen LogP contribution in [-0.2, 0) is 15.0 Å². The number of hydrogen-bond acceptors (Lipinski definition) is 5. The monoisotopic (exact) mass is 550 g/mol. The number of benzene rings is 2. The van der Waals surface area contributed by atoms with Gasteiger partial charge in [-0.05, 0) is 65.0 Å². The number of nitrogens with one attached hydrogen (secondary N) is 1. The third-order valence-corrected chi connectivity index (χ3v) is 11.8. The zero-order chi connectivity index (χ0) is 25.8. The lowest BCUT2D eigenvalue weighted by Crippen LogP contribution is -2.42. The van der Waals surface area contributed by atoms with Crippen molar-refractivity contribution >= 4 is 52.2 Å². The number of halogens is 1. The van der Waals surface area contributed by atoms with Gasteiger partial charge < -0.3 is 4.98 Å². The summed E-state index contributed by atoms with van der Waals surface area (Å²) in [5.41, 5.74) is 3.11. The molecule has 0 spiro atoms. The summed E-state index contributed by atoms with van der Waals surface area (Å²) in [5.74, 6) is -0.283. The number of imide groups is 1. The fourth-order valence-corrected chi connectivity index (χ4v) is 10.4. The van der Waals surface area contributed by atoms with Gasteiger partial charge >= 0.3 is 4.87 Å². The van der Waals surface area contributed by atoms with E-state index >= 15 is 0 Å². The van der Waals surface area contributed by atoms with Crippen molar-refractivity contribution in [2.75, 3.05) is 4.90 Å². The van der Waals surface area contributed by atoms with Crippen molar-refractivity contribution < 1.29 is 9.59 Å². The molecule has 7 atom stereocenters. The number of carbonyl (C=O) groups excluding carboxylic acids is 2. The van der Waals surface area contributed by atoms with Crippen LogP contribution in [0.3, 0.4) is 0 Å². The zero-order valence-corrected chi connectivity index (χ0v) is 23.1. The van der Waals surface area contributed by atoms with Gasteiger partial charge in [-0.25, -0.2) is 0 Å². The lowest BCUT2D eigenvalue weighted by atomic mass is 9.68. The number of thiazole rings is 1. The molecule has 3 heterocycles. The summed E-state index contributed by atoms with van der Waals surface area (Å²) in [4.78, 5) is 45.5. The molecule has 2 aliphatic carbocycles. The van der Waals surface area contributed by atoms with Crippen LogP contribution in [0.15, 0.2) is 58.4 Å². The SMILES string of the molecule is CC(C)(C)c1ccc(C2c3sc(=O)[nH]c3SC3C2[C@H]2C[C@@H]3C3C(=O)N(c4ccc(Cl)cc4)C(=O)C32)cc1. The molecule has 1 saturated heterocycles. The highest BCUT2D eigenvalue weighted by Gasteiger charge is 2.69. The molecule has 2 aromatic carbocycles. The first-order valence-electron chi connectivity index (χ1n) is 12.8. The van der Waals surface area contributed by atoms with Crippen LogP contribution in [0.5, 0.6) is 0 Å². The average Bonchev–Trinajstić information content (AvgIpc) is 3.58. The maximum atomic E-state index is 13.8. The number of rotatable bonds is 2. The van der Waals surface area contributed by atoms with E-state index in [-0.39, 0.29) is 62.9 Å². The van der Waals surface area contributed by atoms with Crippen molar-refractivity contribution in [2.24, 2.45) is 29.6 Å². The van der Waals surface area contributed by atoms with Gasteiger partial charge in [-0.15, -0.1) is 11.8 Å². The second kappa shape index (κ2) is 8.08. The standard InChI is InChI=1S/C29H27ClN2O3S2/c1-29(2,3)14-6-4-13(5-7-14)19-20-17-12-18(23(20)36-25-24(19)37-28(35)31-25)22-21(17)26(33)32(27(22)34)16-10-8-15(30)9-11-16/h4-11,17-23H,12H2,1-3H3,(H,31,35)/t17-,18-,19?,20?,21?,22?,23?/m1/s1. The Bertz CT molecular complexity index is 1490. The first kappa shape index (κ1) is 23.7. The summed E-state index contributed by atoms with van der Waals surface area (Å²) < 4.78 is 0. The van der Waals surface area contributed by atoms with Crippen LogP contribution in [0.25, 0.3) is 0 Å². The van der Waals surface area contributed by atoms with Gasteiger partial charge in [0.2, 0.25) is 11.8 Å². The molecule has 1 aromatic heterocycles. The normalized spacial score (nSPS) is 32.0. The molecule has 7 rings (SSSR count). The van der Waals surface area contributed by atoms with Gasteiger partial charge in [0.25, 0.3) is 0 Å². The number of amides is 2. The molecule has 1 N–H and O–H groups in total. The minimum absolute atomic E-state index is 0.0395. The highest BCUT2D eigenvalue weighted by atomic mass is 35.5. The molecular formula is C29H27ClN2O3S2. The molecule has 5 nitrogen and oxygen atoms in total. The number of thioether (sulfide) groups is 1. The number of aromatic nitrogens is 1. The first-order chi connectivity index (χ1) is 17.6.